The monoisotopic (exact) mass is 307 g/mol. The maximum absolute atomic E-state index is 10.3. The SMILES string of the molecule is O=C(O)CC(O)(CC(=O)O)C(=O)O.O=C(O)[C@@H]1CCCN1. The normalized spacial score (nSPS) is 17.5. The molecule has 0 aromatic heterocycles. The number of aliphatic carboxylic acids is 4. The molecule has 21 heavy (non-hydrogen) atoms. The third-order valence-corrected chi connectivity index (χ3v) is 2.64. The summed E-state index contributed by atoms with van der Waals surface area (Å²) in [6.45, 7) is 0.858. The molecule has 1 rings (SSSR count). The van der Waals surface area contributed by atoms with E-state index in [2.05, 4.69) is 5.32 Å². The summed E-state index contributed by atoms with van der Waals surface area (Å²) in [4.78, 5) is 40.6. The Morgan fingerprint density at radius 3 is 1.67 bits per heavy atom. The van der Waals surface area contributed by atoms with Crippen LogP contribution < -0.4 is 5.32 Å². The molecule has 0 aromatic carbocycles. The first kappa shape index (κ1) is 18.8. The van der Waals surface area contributed by atoms with Crippen molar-refractivity contribution in [2.75, 3.05) is 6.54 Å². The minimum Gasteiger partial charge on any atom is -0.481 e. The second kappa shape index (κ2) is 8.17. The molecule has 0 aromatic rings. The standard InChI is InChI=1S/C6H8O7.C5H9NO2/c7-3(8)1-6(13,5(11)12)2-4(9)10;7-5(8)4-2-1-3-6-4/h13H,1-2H2,(H,7,8)(H,9,10)(H,11,12);4,6H,1-3H2,(H,7,8)/t;4-/m.0/s1. The van der Waals surface area contributed by atoms with Gasteiger partial charge >= 0.3 is 23.9 Å². The third kappa shape index (κ3) is 7.22. The molecule has 1 saturated heterocycles. The Hall–Kier alpha value is -2.20. The molecule has 1 aliphatic rings. The van der Waals surface area contributed by atoms with Crippen molar-refractivity contribution in [1.82, 2.24) is 5.32 Å². The van der Waals surface area contributed by atoms with Gasteiger partial charge < -0.3 is 30.8 Å². The highest BCUT2D eigenvalue weighted by Crippen LogP contribution is 2.15. The zero-order valence-corrected chi connectivity index (χ0v) is 11.0. The van der Waals surface area contributed by atoms with E-state index in [1.165, 1.54) is 0 Å². The average molecular weight is 307 g/mol. The van der Waals surface area contributed by atoms with E-state index in [0.29, 0.717) is 0 Å². The van der Waals surface area contributed by atoms with Crippen LogP contribution >= 0.6 is 0 Å². The van der Waals surface area contributed by atoms with Gasteiger partial charge in [-0.3, -0.25) is 14.4 Å². The number of aliphatic hydroxyl groups is 1. The van der Waals surface area contributed by atoms with E-state index >= 15 is 0 Å². The Morgan fingerprint density at radius 2 is 1.48 bits per heavy atom. The molecular formula is C11H17NO9. The highest BCUT2D eigenvalue weighted by Gasteiger charge is 2.40. The van der Waals surface area contributed by atoms with E-state index in [0.717, 1.165) is 19.4 Å². The van der Waals surface area contributed by atoms with Crippen molar-refractivity contribution in [3.05, 3.63) is 0 Å². The Bertz CT molecular complexity index is 398. The maximum Gasteiger partial charge on any atom is 0.336 e. The first-order valence-electron chi connectivity index (χ1n) is 5.94. The Kier molecular flexibility index (Phi) is 7.31. The second-order valence-electron chi connectivity index (χ2n) is 4.46. The van der Waals surface area contributed by atoms with Crippen LogP contribution in [0.5, 0.6) is 0 Å². The van der Waals surface area contributed by atoms with Crippen LogP contribution in [-0.4, -0.2) is 67.6 Å². The van der Waals surface area contributed by atoms with Crippen LogP contribution in [0, 0.1) is 0 Å². The fourth-order valence-corrected chi connectivity index (χ4v) is 1.61. The van der Waals surface area contributed by atoms with Gasteiger partial charge in [-0.05, 0) is 19.4 Å². The van der Waals surface area contributed by atoms with Crippen LogP contribution in [0.15, 0.2) is 0 Å². The molecule has 0 spiro atoms. The van der Waals surface area contributed by atoms with Crippen LogP contribution in [0.3, 0.4) is 0 Å². The molecule has 6 N–H and O–H groups in total. The van der Waals surface area contributed by atoms with Crippen molar-refractivity contribution in [3.63, 3.8) is 0 Å². The summed E-state index contributed by atoms with van der Waals surface area (Å²) in [5.74, 6) is -5.74. The van der Waals surface area contributed by atoms with Crippen LogP contribution in [0.2, 0.25) is 0 Å². The molecule has 0 amide bonds. The fourth-order valence-electron chi connectivity index (χ4n) is 1.61. The summed E-state index contributed by atoms with van der Waals surface area (Å²) in [5, 5.41) is 45.0. The minimum atomic E-state index is -2.74. The number of carbonyl (C=O) groups is 4. The van der Waals surface area contributed by atoms with Crippen molar-refractivity contribution in [2.45, 2.75) is 37.3 Å². The van der Waals surface area contributed by atoms with Crippen molar-refractivity contribution in [1.29, 1.82) is 0 Å². The summed E-state index contributed by atoms with van der Waals surface area (Å²) < 4.78 is 0. The summed E-state index contributed by atoms with van der Waals surface area (Å²) in [6, 6.07) is -0.269. The van der Waals surface area contributed by atoms with Gasteiger partial charge in [-0.1, -0.05) is 0 Å². The van der Waals surface area contributed by atoms with Gasteiger partial charge in [0.1, 0.15) is 6.04 Å². The molecule has 1 atom stereocenters. The molecule has 10 nitrogen and oxygen atoms in total. The Balaban J connectivity index is 0.000000423. The summed E-state index contributed by atoms with van der Waals surface area (Å²) in [6.07, 6.45) is -0.504. The Morgan fingerprint density at radius 1 is 1.00 bits per heavy atom. The van der Waals surface area contributed by atoms with E-state index < -0.39 is 42.3 Å². The lowest BCUT2D eigenvalue weighted by Gasteiger charge is -2.18. The number of rotatable bonds is 6. The summed E-state index contributed by atoms with van der Waals surface area (Å²) >= 11 is 0. The predicted molar refractivity (Wildman–Crippen MR) is 65.8 cm³/mol. The molecule has 0 aliphatic carbocycles. The maximum atomic E-state index is 10.3. The lowest BCUT2D eigenvalue weighted by molar-refractivity contribution is -0.170. The van der Waals surface area contributed by atoms with Gasteiger partial charge in [-0.15, -0.1) is 0 Å². The van der Waals surface area contributed by atoms with E-state index in [9.17, 15) is 19.2 Å². The van der Waals surface area contributed by atoms with Crippen LogP contribution in [0.1, 0.15) is 25.7 Å². The van der Waals surface area contributed by atoms with Crippen molar-refractivity contribution < 1.29 is 44.7 Å². The van der Waals surface area contributed by atoms with Crippen LogP contribution in [0.25, 0.3) is 0 Å². The lowest BCUT2D eigenvalue weighted by atomic mass is 9.96. The lowest BCUT2D eigenvalue weighted by Crippen LogP contribution is -2.42. The first-order valence-corrected chi connectivity index (χ1v) is 5.94. The number of hydrogen-bond acceptors (Lipinski definition) is 6. The van der Waals surface area contributed by atoms with Gasteiger partial charge in [-0.25, -0.2) is 4.79 Å². The molecule has 1 heterocycles. The van der Waals surface area contributed by atoms with Gasteiger partial charge in [0.15, 0.2) is 5.60 Å². The molecule has 0 radical (unpaired) electrons. The minimum absolute atomic E-state index is 0.269. The van der Waals surface area contributed by atoms with Gasteiger partial charge in [0.2, 0.25) is 0 Å². The summed E-state index contributed by atoms with van der Waals surface area (Å²) in [5.41, 5.74) is -2.74. The largest absolute Gasteiger partial charge is 0.481 e. The quantitative estimate of drug-likeness (QED) is 0.340. The molecule has 120 valence electrons. The number of nitrogens with one attached hydrogen (secondary N) is 1. The number of carboxylic acids is 4. The van der Waals surface area contributed by atoms with E-state index in [4.69, 9.17) is 25.5 Å². The Labute approximate surface area is 119 Å². The van der Waals surface area contributed by atoms with Crippen molar-refractivity contribution in [3.8, 4) is 0 Å². The highest BCUT2D eigenvalue weighted by atomic mass is 16.4. The molecule has 0 saturated carbocycles. The highest BCUT2D eigenvalue weighted by molar-refractivity contribution is 5.88. The van der Waals surface area contributed by atoms with Gasteiger partial charge in [0, 0.05) is 0 Å². The van der Waals surface area contributed by atoms with Crippen LogP contribution in [-0.2, 0) is 19.2 Å². The average Bonchev–Trinajstić information content (AvgIpc) is 2.80. The van der Waals surface area contributed by atoms with Gasteiger partial charge in [0.05, 0.1) is 12.8 Å². The number of carboxylic acid groups (broad SMARTS) is 4. The van der Waals surface area contributed by atoms with Crippen molar-refractivity contribution >= 4 is 23.9 Å². The van der Waals surface area contributed by atoms with E-state index in [1.54, 1.807) is 0 Å². The fraction of sp³-hybridized carbons (Fsp3) is 0.636. The topological polar surface area (TPSA) is 181 Å². The van der Waals surface area contributed by atoms with Gasteiger partial charge in [0.25, 0.3) is 0 Å². The number of hydrogen-bond donors (Lipinski definition) is 6. The second-order valence-corrected chi connectivity index (χ2v) is 4.46. The van der Waals surface area contributed by atoms with E-state index in [1.807, 2.05) is 0 Å². The molecular weight excluding hydrogens is 290 g/mol. The molecule has 1 aliphatic heterocycles. The molecule has 1 fully saturated rings. The van der Waals surface area contributed by atoms with E-state index in [-0.39, 0.29) is 6.04 Å². The van der Waals surface area contributed by atoms with Crippen molar-refractivity contribution in [2.24, 2.45) is 0 Å². The third-order valence-electron chi connectivity index (χ3n) is 2.64. The predicted octanol–water partition coefficient (Wildman–Crippen LogP) is -1.43. The molecule has 0 unspecified atom stereocenters. The first-order chi connectivity index (χ1) is 9.58. The zero-order valence-electron chi connectivity index (χ0n) is 11.0. The molecule has 0 bridgehead atoms. The smallest absolute Gasteiger partial charge is 0.336 e. The van der Waals surface area contributed by atoms with Crippen LogP contribution in [0.4, 0.5) is 0 Å². The summed E-state index contributed by atoms with van der Waals surface area (Å²) in [7, 11) is 0. The zero-order chi connectivity index (χ0) is 16.6. The molecule has 10 heteroatoms. The van der Waals surface area contributed by atoms with Gasteiger partial charge in [-0.2, -0.15) is 0 Å².